The molecule has 0 aliphatic carbocycles. The van der Waals surface area contributed by atoms with Crippen LogP contribution in [-0.2, 0) is 22.6 Å². The van der Waals surface area contributed by atoms with Gasteiger partial charge in [0.1, 0.15) is 12.3 Å². The predicted molar refractivity (Wildman–Crippen MR) is 152 cm³/mol. The van der Waals surface area contributed by atoms with Crippen LogP contribution in [0.3, 0.4) is 0 Å². The van der Waals surface area contributed by atoms with Crippen LogP contribution in [0.2, 0.25) is 0 Å². The maximum atomic E-state index is 13.7. The van der Waals surface area contributed by atoms with Gasteiger partial charge in [-0.1, -0.05) is 25.1 Å². The van der Waals surface area contributed by atoms with Crippen LogP contribution in [0.1, 0.15) is 48.3 Å². The number of hydrogen-bond donors (Lipinski definition) is 0. The molecule has 0 aliphatic heterocycles. The van der Waals surface area contributed by atoms with Gasteiger partial charge in [-0.2, -0.15) is 0 Å². The molecule has 0 aliphatic rings. The molecule has 1 unspecified atom stereocenters. The van der Waals surface area contributed by atoms with Crippen molar-refractivity contribution in [1.29, 1.82) is 0 Å². The Hall–Kier alpha value is -4.18. The summed E-state index contributed by atoms with van der Waals surface area (Å²) in [5.74, 6) is 0.155. The molecule has 2 aromatic carbocycles. The Morgan fingerprint density at radius 2 is 1.85 bits per heavy atom. The molecular weight excluding hydrogens is 512 g/mol. The summed E-state index contributed by atoms with van der Waals surface area (Å²) in [6, 6.07) is 17.3. The molecular formula is C30H38N4O6. The first-order chi connectivity index (χ1) is 19.3. The van der Waals surface area contributed by atoms with Crippen molar-refractivity contribution in [2.45, 2.75) is 45.8 Å². The minimum absolute atomic E-state index is 0.0681. The van der Waals surface area contributed by atoms with Crippen molar-refractivity contribution < 1.29 is 24.0 Å². The van der Waals surface area contributed by atoms with E-state index in [1.807, 2.05) is 56.4 Å². The van der Waals surface area contributed by atoms with E-state index in [1.165, 1.54) is 29.2 Å². The van der Waals surface area contributed by atoms with Crippen LogP contribution >= 0.6 is 0 Å². The third kappa shape index (κ3) is 8.16. The zero-order chi connectivity index (χ0) is 29.1. The first-order valence-corrected chi connectivity index (χ1v) is 13.4. The first-order valence-electron chi connectivity index (χ1n) is 13.4. The van der Waals surface area contributed by atoms with Crippen LogP contribution in [-0.4, -0.2) is 71.1 Å². The number of benzene rings is 2. The highest BCUT2D eigenvalue weighted by atomic mass is 16.6. The van der Waals surface area contributed by atoms with E-state index in [0.717, 1.165) is 23.4 Å². The number of carbonyl (C=O) groups excluding carboxylic acids is 2. The van der Waals surface area contributed by atoms with E-state index in [9.17, 15) is 19.7 Å². The fraction of sp³-hybridized carbons (Fsp3) is 0.400. The van der Waals surface area contributed by atoms with E-state index in [4.69, 9.17) is 9.47 Å². The van der Waals surface area contributed by atoms with Crippen molar-refractivity contribution in [3.05, 3.63) is 93.8 Å². The molecule has 0 N–H and O–H groups in total. The quantitative estimate of drug-likeness (QED) is 0.153. The lowest BCUT2D eigenvalue weighted by molar-refractivity contribution is -0.384. The van der Waals surface area contributed by atoms with Crippen molar-refractivity contribution in [3.63, 3.8) is 0 Å². The molecule has 0 fully saturated rings. The minimum atomic E-state index is -0.539. The molecule has 10 heteroatoms. The van der Waals surface area contributed by atoms with Crippen LogP contribution in [0.4, 0.5) is 5.69 Å². The summed E-state index contributed by atoms with van der Waals surface area (Å²) < 4.78 is 12.6. The first kappa shape index (κ1) is 30.4. The van der Waals surface area contributed by atoms with Crippen LogP contribution in [0, 0.1) is 10.1 Å². The van der Waals surface area contributed by atoms with Crippen molar-refractivity contribution in [1.82, 2.24) is 14.4 Å². The van der Waals surface area contributed by atoms with Crippen molar-refractivity contribution in [2.24, 2.45) is 0 Å². The van der Waals surface area contributed by atoms with Gasteiger partial charge in [0, 0.05) is 62.4 Å². The van der Waals surface area contributed by atoms with Crippen LogP contribution in [0.15, 0.2) is 66.9 Å². The molecule has 0 saturated heterocycles. The molecule has 0 spiro atoms. The molecule has 10 nitrogen and oxygen atoms in total. The number of rotatable bonds is 15. The van der Waals surface area contributed by atoms with E-state index >= 15 is 0 Å². The largest absolute Gasteiger partial charge is 0.497 e. The Kier molecular flexibility index (Phi) is 11.3. The van der Waals surface area contributed by atoms with Gasteiger partial charge in [0.2, 0.25) is 5.91 Å². The average molecular weight is 551 g/mol. The second-order valence-electron chi connectivity index (χ2n) is 9.64. The Morgan fingerprint density at radius 1 is 1.07 bits per heavy atom. The van der Waals surface area contributed by atoms with Crippen molar-refractivity contribution in [3.8, 4) is 5.75 Å². The van der Waals surface area contributed by atoms with Gasteiger partial charge >= 0.3 is 0 Å². The molecule has 40 heavy (non-hydrogen) atoms. The minimum Gasteiger partial charge on any atom is -0.497 e. The third-order valence-electron chi connectivity index (χ3n) is 6.88. The van der Waals surface area contributed by atoms with Gasteiger partial charge in [-0.05, 0) is 55.7 Å². The van der Waals surface area contributed by atoms with Crippen LogP contribution in [0.25, 0.3) is 0 Å². The summed E-state index contributed by atoms with van der Waals surface area (Å²) in [6.07, 6.45) is 3.25. The lowest BCUT2D eigenvalue weighted by Gasteiger charge is -2.32. The maximum absolute atomic E-state index is 13.7. The number of methoxy groups -OCH3 is 2. The molecule has 1 aromatic heterocycles. The number of aromatic nitrogens is 1. The van der Waals surface area contributed by atoms with Gasteiger partial charge in [0.15, 0.2) is 0 Å². The Morgan fingerprint density at radius 3 is 2.55 bits per heavy atom. The number of carbonyl (C=O) groups is 2. The highest BCUT2D eigenvalue weighted by molar-refractivity contribution is 5.97. The fourth-order valence-electron chi connectivity index (χ4n) is 4.44. The van der Waals surface area contributed by atoms with E-state index in [0.29, 0.717) is 26.1 Å². The van der Waals surface area contributed by atoms with Gasteiger partial charge in [-0.3, -0.25) is 19.7 Å². The van der Waals surface area contributed by atoms with Gasteiger partial charge in [-0.15, -0.1) is 0 Å². The Bertz CT molecular complexity index is 1290. The van der Waals surface area contributed by atoms with E-state index in [-0.39, 0.29) is 36.3 Å². The van der Waals surface area contributed by atoms with E-state index in [1.54, 1.807) is 19.1 Å². The predicted octanol–water partition coefficient (Wildman–Crippen LogP) is 4.76. The van der Waals surface area contributed by atoms with Gasteiger partial charge in [0.25, 0.3) is 11.6 Å². The molecule has 1 atom stereocenters. The second kappa shape index (κ2) is 14.8. The smallest absolute Gasteiger partial charge is 0.270 e. The zero-order valence-electron chi connectivity index (χ0n) is 23.6. The van der Waals surface area contributed by atoms with Crippen molar-refractivity contribution >= 4 is 17.5 Å². The average Bonchev–Trinajstić information content (AvgIpc) is 3.40. The van der Waals surface area contributed by atoms with Crippen molar-refractivity contribution in [2.75, 3.05) is 33.9 Å². The van der Waals surface area contributed by atoms with Crippen LogP contribution < -0.4 is 4.74 Å². The highest BCUT2D eigenvalue weighted by Crippen LogP contribution is 2.19. The summed E-state index contributed by atoms with van der Waals surface area (Å²) in [6.45, 7) is 5.56. The molecule has 0 saturated carbocycles. The lowest BCUT2D eigenvalue weighted by Crippen LogP contribution is -2.46. The molecule has 0 bridgehead atoms. The number of nitro groups is 1. The van der Waals surface area contributed by atoms with Gasteiger partial charge in [-0.25, -0.2) is 0 Å². The molecule has 1 heterocycles. The monoisotopic (exact) mass is 550 g/mol. The van der Waals surface area contributed by atoms with E-state index < -0.39 is 10.8 Å². The van der Waals surface area contributed by atoms with Gasteiger partial charge in [0.05, 0.1) is 18.6 Å². The maximum Gasteiger partial charge on any atom is 0.270 e. The molecule has 214 valence electrons. The zero-order valence-corrected chi connectivity index (χ0v) is 23.6. The molecule has 3 aromatic rings. The number of hydrogen-bond acceptors (Lipinski definition) is 6. The van der Waals surface area contributed by atoms with E-state index in [2.05, 4.69) is 4.57 Å². The SMILES string of the molecule is CCC(C)N(Cc1cccn1Cc1cccc(OC)c1)C(=O)CN(CCCOC)C(=O)c1cccc([N+](=O)[O-])c1. The molecule has 0 radical (unpaired) electrons. The number of ether oxygens (including phenoxy) is 2. The summed E-state index contributed by atoms with van der Waals surface area (Å²) in [5.41, 5.74) is 2.03. The number of nitro benzene ring substituents is 1. The number of amides is 2. The summed E-state index contributed by atoms with van der Waals surface area (Å²) in [5, 5.41) is 11.3. The molecule has 3 rings (SSSR count). The number of non-ortho nitro benzene ring substituents is 1. The summed E-state index contributed by atoms with van der Waals surface area (Å²) in [7, 11) is 3.21. The second-order valence-corrected chi connectivity index (χ2v) is 9.64. The Labute approximate surface area is 235 Å². The summed E-state index contributed by atoms with van der Waals surface area (Å²) >= 11 is 0. The third-order valence-corrected chi connectivity index (χ3v) is 6.88. The summed E-state index contributed by atoms with van der Waals surface area (Å²) in [4.78, 5) is 41.1. The van der Waals surface area contributed by atoms with Crippen LogP contribution in [0.5, 0.6) is 5.75 Å². The normalized spacial score (nSPS) is 11.6. The fourth-order valence-corrected chi connectivity index (χ4v) is 4.44. The lowest BCUT2D eigenvalue weighted by atomic mass is 10.1. The van der Waals surface area contributed by atoms with Gasteiger partial charge < -0.3 is 23.8 Å². The number of nitrogens with zero attached hydrogens (tertiary/aromatic N) is 4. The molecule has 2 amide bonds. The highest BCUT2D eigenvalue weighted by Gasteiger charge is 2.26. The Balaban J connectivity index is 1.82. The topological polar surface area (TPSA) is 107 Å². The standard InChI is InChI=1S/C30H38N4O6/c1-5-23(2)33(21-27-13-8-15-31(27)20-24-10-6-14-28(18-24)40-4)29(35)22-32(16-9-17-39-3)30(36)25-11-7-12-26(19-25)34(37)38/h6-8,10-15,18-19,23H,5,9,16-17,20-22H2,1-4H3.